The molecule has 0 bridgehead atoms. The van der Waals surface area contributed by atoms with Gasteiger partial charge in [-0.1, -0.05) is 26.2 Å². The van der Waals surface area contributed by atoms with Crippen LogP contribution in [-0.2, 0) is 6.42 Å². The molecular formula is C11H18N4O2. The summed E-state index contributed by atoms with van der Waals surface area (Å²) in [5.74, 6) is 0.402. The summed E-state index contributed by atoms with van der Waals surface area (Å²) in [6, 6.07) is 0.329. The topological polar surface area (TPSA) is 83.8 Å². The van der Waals surface area contributed by atoms with E-state index in [-0.39, 0.29) is 10.6 Å². The molecule has 0 aromatic carbocycles. The van der Waals surface area contributed by atoms with Crippen LogP contribution < -0.4 is 5.32 Å². The van der Waals surface area contributed by atoms with Gasteiger partial charge in [-0.25, -0.2) is 0 Å². The lowest BCUT2D eigenvalue weighted by Crippen LogP contribution is -2.22. The quantitative estimate of drug-likeness (QED) is 0.623. The third-order valence-electron chi connectivity index (χ3n) is 3.29. The van der Waals surface area contributed by atoms with Gasteiger partial charge in [-0.3, -0.25) is 15.2 Å². The zero-order valence-corrected chi connectivity index (χ0v) is 10.0. The maximum absolute atomic E-state index is 11.0. The number of anilines is 1. The van der Waals surface area contributed by atoms with E-state index in [0.29, 0.717) is 24.0 Å². The Morgan fingerprint density at radius 2 is 2.18 bits per heavy atom. The first-order chi connectivity index (χ1) is 8.22. The molecule has 2 N–H and O–H groups in total. The van der Waals surface area contributed by atoms with E-state index in [4.69, 9.17) is 0 Å². The molecule has 6 heteroatoms. The minimum atomic E-state index is -0.354. The monoisotopic (exact) mass is 238 g/mol. The van der Waals surface area contributed by atoms with Crippen molar-refractivity contribution in [3.63, 3.8) is 0 Å². The first-order valence-electron chi connectivity index (χ1n) is 6.20. The van der Waals surface area contributed by atoms with Crippen LogP contribution in [-0.4, -0.2) is 21.2 Å². The van der Waals surface area contributed by atoms with E-state index in [1.165, 1.54) is 19.3 Å². The predicted octanol–water partition coefficient (Wildman–Crippen LogP) is 2.62. The Labute approximate surface area is 99.9 Å². The van der Waals surface area contributed by atoms with Crippen molar-refractivity contribution in [3.05, 3.63) is 15.8 Å². The highest BCUT2D eigenvalue weighted by atomic mass is 16.6. The average molecular weight is 238 g/mol. The number of H-pyrrole nitrogens is 1. The van der Waals surface area contributed by atoms with Crippen molar-refractivity contribution in [2.75, 3.05) is 5.32 Å². The summed E-state index contributed by atoms with van der Waals surface area (Å²) in [4.78, 5) is 10.7. The Hall–Kier alpha value is -1.59. The molecule has 0 unspecified atom stereocenters. The molecule has 1 fully saturated rings. The van der Waals surface area contributed by atoms with Crippen LogP contribution in [0, 0.1) is 10.1 Å². The van der Waals surface area contributed by atoms with E-state index < -0.39 is 0 Å². The lowest BCUT2D eigenvalue weighted by molar-refractivity contribution is -0.384. The van der Waals surface area contributed by atoms with Gasteiger partial charge in [0.15, 0.2) is 0 Å². The lowest BCUT2D eigenvalue weighted by Gasteiger charge is -2.22. The maximum Gasteiger partial charge on any atom is 0.333 e. The molecule has 1 aliphatic carbocycles. The zero-order chi connectivity index (χ0) is 12.3. The largest absolute Gasteiger partial charge is 0.360 e. The third kappa shape index (κ3) is 2.57. The van der Waals surface area contributed by atoms with Gasteiger partial charge < -0.3 is 5.32 Å². The van der Waals surface area contributed by atoms with E-state index in [1.807, 2.05) is 6.92 Å². The standard InChI is InChI=1S/C11H18N4O2/c1-2-9-10(15(16)17)11(14-13-9)12-8-6-4-3-5-7-8/h8H,2-7H2,1H3,(H2,12,13,14). The fraction of sp³-hybridized carbons (Fsp3) is 0.727. The highest BCUT2D eigenvalue weighted by Gasteiger charge is 2.25. The molecule has 0 saturated heterocycles. The molecule has 17 heavy (non-hydrogen) atoms. The average Bonchev–Trinajstić information content (AvgIpc) is 2.73. The first-order valence-corrected chi connectivity index (χ1v) is 6.20. The molecule has 0 spiro atoms. The summed E-state index contributed by atoms with van der Waals surface area (Å²) in [7, 11) is 0. The molecule has 0 atom stereocenters. The number of hydrogen-bond donors (Lipinski definition) is 2. The van der Waals surface area contributed by atoms with Gasteiger partial charge in [0.25, 0.3) is 0 Å². The summed E-state index contributed by atoms with van der Waals surface area (Å²) in [6.07, 6.45) is 6.39. The Bertz CT molecular complexity index is 396. The summed E-state index contributed by atoms with van der Waals surface area (Å²) >= 11 is 0. The third-order valence-corrected chi connectivity index (χ3v) is 3.29. The van der Waals surface area contributed by atoms with Crippen LogP contribution in [0.3, 0.4) is 0 Å². The van der Waals surface area contributed by atoms with Crippen molar-refractivity contribution in [1.82, 2.24) is 10.2 Å². The van der Waals surface area contributed by atoms with E-state index in [9.17, 15) is 10.1 Å². The van der Waals surface area contributed by atoms with E-state index in [0.717, 1.165) is 12.8 Å². The molecule has 1 saturated carbocycles. The Morgan fingerprint density at radius 3 is 2.76 bits per heavy atom. The molecule has 1 aromatic heterocycles. The maximum atomic E-state index is 11.0. The number of rotatable bonds is 4. The number of aromatic nitrogens is 2. The first kappa shape index (κ1) is 11.9. The van der Waals surface area contributed by atoms with Crippen LogP contribution in [0.4, 0.5) is 11.5 Å². The fourth-order valence-corrected chi connectivity index (χ4v) is 2.36. The molecule has 1 aliphatic rings. The lowest BCUT2D eigenvalue weighted by atomic mass is 9.95. The fourth-order valence-electron chi connectivity index (χ4n) is 2.36. The summed E-state index contributed by atoms with van der Waals surface area (Å²) in [5.41, 5.74) is 0.700. The van der Waals surface area contributed by atoms with Crippen molar-refractivity contribution in [1.29, 1.82) is 0 Å². The van der Waals surface area contributed by atoms with Crippen molar-refractivity contribution in [2.24, 2.45) is 0 Å². The van der Waals surface area contributed by atoms with Gasteiger partial charge >= 0.3 is 5.69 Å². The second-order valence-electron chi connectivity index (χ2n) is 4.49. The Balaban J connectivity index is 2.14. The molecule has 2 rings (SSSR count). The number of nitro groups is 1. The molecule has 94 valence electrons. The van der Waals surface area contributed by atoms with E-state index in [1.54, 1.807) is 0 Å². The Kier molecular flexibility index (Phi) is 3.61. The highest BCUT2D eigenvalue weighted by Crippen LogP contribution is 2.29. The number of aromatic amines is 1. The van der Waals surface area contributed by atoms with Crippen LogP contribution in [0.2, 0.25) is 0 Å². The van der Waals surface area contributed by atoms with Gasteiger partial charge in [0, 0.05) is 6.04 Å². The van der Waals surface area contributed by atoms with Crippen LogP contribution >= 0.6 is 0 Å². The van der Waals surface area contributed by atoms with Crippen molar-refractivity contribution in [3.8, 4) is 0 Å². The van der Waals surface area contributed by atoms with Crippen LogP contribution in [0.15, 0.2) is 0 Å². The minimum Gasteiger partial charge on any atom is -0.360 e. The SMILES string of the molecule is CCc1[nH]nc(NC2CCCCC2)c1[N+](=O)[O-]. The zero-order valence-electron chi connectivity index (χ0n) is 10.0. The normalized spacial score (nSPS) is 17.0. The molecule has 0 aliphatic heterocycles. The number of nitrogens with one attached hydrogen (secondary N) is 2. The van der Waals surface area contributed by atoms with E-state index in [2.05, 4.69) is 15.5 Å². The summed E-state index contributed by atoms with van der Waals surface area (Å²) in [6.45, 7) is 1.88. The van der Waals surface area contributed by atoms with Crippen molar-refractivity contribution < 1.29 is 4.92 Å². The summed E-state index contributed by atoms with van der Waals surface area (Å²) < 4.78 is 0. The molecule has 0 amide bonds. The van der Waals surface area contributed by atoms with Crippen LogP contribution in [0.1, 0.15) is 44.7 Å². The van der Waals surface area contributed by atoms with Gasteiger partial charge in [0.1, 0.15) is 5.69 Å². The summed E-state index contributed by atoms with van der Waals surface area (Å²) in [5, 5.41) is 21.0. The van der Waals surface area contributed by atoms with Gasteiger partial charge in [-0.15, -0.1) is 0 Å². The molecule has 1 aromatic rings. The van der Waals surface area contributed by atoms with Crippen molar-refractivity contribution in [2.45, 2.75) is 51.5 Å². The van der Waals surface area contributed by atoms with Gasteiger partial charge in [0.05, 0.1) is 4.92 Å². The highest BCUT2D eigenvalue weighted by molar-refractivity contribution is 5.59. The predicted molar refractivity (Wildman–Crippen MR) is 65.1 cm³/mol. The van der Waals surface area contributed by atoms with Gasteiger partial charge in [-0.2, -0.15) is 5.10 Å². The van der Waals surface area contributed by atoms with E-state index >= 15 is 0 Å². The minimum absolute atomic E-state index is 0.109. The molecule has 6 nitrogen and oxygen atoms in total. The number of hydrogen-bond acceptors (Lipinski definition) is 4. The second kappa shape index (κ2) is 5.16. The van der Waals surface area contributed by atoms with Crippen molar-refractivity contribution >= 4 is 11.5 Å². The second-order valence-corrected chi connectivity index (χ2v) is 4.49. The number of aryl methyl sites for hydroxylation is 1. The molecule has 1 heterocycles. The van der Waals surface area contributed by atoms with Gasteiger partial charge in [-0.05, 0) is 19.3 Å². The molecule has 0 radical (unpaired) electrons. The van der Waals surface area contributed by atoms with Crippen LogP contribution in [0.25, 0.3) is 0 Å². The number of nitrogens with zero attached hydrogens (tertiary/aromatic N) is 2. The molecular weight excluding hydrogens is 220 g/mol. The van der Waals surface area contributed by atoms with Crippen LogP contribution in [0.5, 0.6) is 0 Å². The van der Waals surface area contributed by atoms with Gasteiger partial charge in [0.2, 0.25) is 5.82 Å². The smallest absolute Gasteiger partial charge is 0.333 e. The Morgan fingerprint density at radius 1 is 1.47 bits per heavy atom.